The number of fused-ring (bicyclic) bond motifs is 1. The average Bonchev–Trinajstić information content (AvgIpc) is 3.14. The zero-order chi connectivity index (χ0) is 17.7. The molecule has 0 saturated heterocycles. The van der Waals surface area contributed by atoms with E-state index in [4.69, 9.17) is 11.6 Å². The molecule has 1 aliphatic rings. The van der Waals surface area contributed by atoms with Crippen molar-refractivity contribution >= 4 is 38.7 Å². The predicted molar refractivity (Wildman–Crippen MR) is 99.7 cm³/mol. The van der Waals surface area contributed by atoms with Gasteiger partial charge >= 0.3 is 0 Å². The van der Waals surface area contributed by atoms with Gasteiger partial charge in [0.2, 0.25) is 0 Å². The van der Waals surface area contributed by atoms with Crippen molar-refractivity contribution in [2.45, 2.75) is 25.0 Å². The van der Waals surface area contributed by atoms with E-state index in [1.807, 2.05) is 6.07 Å². The number of rotatable bonds is 3. The maximum atomic E-state index is 11.1. The number of hydrogen-bond donors (Lipinski definition) is 1. The molecule has 0 radical (unpaired) electrons. The van der Waals surface area contributed by atoms with Crippen molar-refractivity contribution in [1.82, 2.24) is 5.32 Å². The van der Waals surface area contributed by atoms with Crippen LogP contribution < -0.4 is 5.32 Å². The highest BCUT2D eigenvalue weighted by molar-refractivity contribution is 7.90. The first kappa shape index (κ1) is 19.0. The number of nitrogens with one attached hydrogen (secondary N) is 1. The first-order chi connectivity index (χ1) is 11.3. The normalized spacial score (nSPS) is 13.0. The number of benzene rings is 1. The molecule has 1 aromatic carbocycles. The molecule has 0 spiro atoms. The second-order valence-corrected chi connectivity index (χ2v) is 9.43. The lowest BCUT2D eigenvalue weighted by atomic mass is 10.1. The van der Waals surface area contributed by atoms with Gasteiger partial charge in [0, 0.05) is 23.2 Å². The average molecular weight is 386 g/mol. The second kappa shape index (κ2) is 8.14. The van der Waals surface area contributed by atoms with Crippen molar-refractivity contribution in [3.8, 4) is 0 Å². The molecule has 1 aliphatic carbocycles. The van der Waals surface area contributed by atoms with Crippen LogP contribution >= 0.6 is 22.9 Å². The Hall–Kier alpha value is -1.37. The smallest absolute Gasteiger partial charge is 0.261 e. The Bertz CT molecular complexity index is 828. The van der Waals surface area contributed by atoms with E-state index in [2.05, 4.69) is 17.4 Å². The molecule has 2 aromatic rings. The van der Waals surface area contributed by atoms with Gasteiger partial charge in [-0.25, -0.2) is 8.42 Å². The minimum Gasteiger partial charge on any atom is -0.354 e. The van der Waals surface area contributed by atoms with Gasteiger partial charge in [0.05, 0.1) is 10.6 Å². The molecule has 1 N–H and O–H groups in total. The largest absolute Gasteiger partial charge is 0.354 e. The summed E-state index contributed by atoms with van der Waals surface area (Å²) >= 11 is 7.02. The van der Waals surface area contributed by atoms with Crippen LogP contribution in [0.5, 0.6) is 0 Å². The first-order valence-electron chi connectivity index (χ1n) is 7.54. The van der Waals surface area contributed by atoms with Crippen LogP contribution in [0.25, 0.3) is 0 Å². The fourth-order valence-corrected chi connectivity index (χ4v) is 4.93. The lowest BCUT2D eigenvalue weighted by molar-refractivity contribution is 0.0967. The highest BCUT2D eigenvalue weighted by Crippen LogP contribution is 2.24. The minimum absolute atomic E-state index is 0.00530. The zero-order valence-electron chi connectivity index (χ0n) is 13.6. The number of hydrogen-bond acceptors (Lipinski definition) is 4. The predicted octanol–water partition coefficient (Wildman–Crippen LogP) is 3.48. The number of thiophene rings is 1. The van der Waals surface area contributed by atoms with Crippen molar-refractivity contribution in [2.75, 3.05) is 13.3 Å². The van der Waals surface area contributed by atoms with Gasteiger partial charge in [-0.1, -0.05) is 17.7 Å². The van der Waals surface area contributed by atoms with Crippen LogP contribution in [-0.4, -0.2) is 27.6 Å². The second-order valence-electron chi connectivity index (χ2n) is 5.68. The van der Waals surface area contributed by atoms with Crippen LogP contribution in [-0.2, 0) is 28.4 Å². The van der Waals surface area contributed by atoms with E-state index < -0.39 is 9.84 Å². The Labute approximate surface area is 151 Å². The summed E-state index contributed by atoms with van der Waals surface area (Å²) < 4.78 is 21.9. The summed E-state index contributed by atoms with van der Waals surface area (Å²) in [6.45, 7) is 0. The summed E-state index contributed by atoms with van der Waals surface area (Å²) in [5, 5.41) is 3.36. The Morgan fingerprint density at radius 3 is 2.58 bits per heavy atom. The Morgan fingerprint density at radius 1 is 1.21 bits per heavy atom. The molecule has 3 rings (SSSR count). The Kier molecular flexibility index (Phi) is 6.43. The molecule has 0 unspecified atom stereocenters. The van der Waals surface area contributed by atoms with Crippen molar-refractivity contribution in [2.24, 2.45) is 0 Å². The maximum absolute atomic E-state index is 11.1. The first-order valence-corrected chi connectivity index (χ1v) is 10.8. The summed E-state index contributed by atoms with van der Waals surface area (Å²) in [4.78, 5) is 12.4. The molecule has 1 heterocycles. The molecule has 4 nitrogen and oxygen atoms in total. The van der Waals surface area contributed by atoms with Crippen molar-refractivity contribution < 1.29 is 13.2 Å². The molecule has 0 fully saturated rings. The molecule has 0 bridgehead atoms. The van der Waals surface area contributed by atoms with Gasteiger partial charge in [-0.2, -0.15) is 0 Å². The van der Waals surface area contributed by atoms with Crippen LogP contribution in [0.2, 0.25) is 5.02 Å². The summed E-state index contributed by atoms with van der Waals surface area (Å²) in [5.74, 6) is -0.191. The molecule has 0 saturated carbocycles. The SMILES string of the molecule is CNC(=O)c1ccc(CS(C)(=O)=O)s1.Clc1ccc2c(c1)CCC2. The van der Waals surface area contributed by atoms with E-state index in [1.165, 1.54) is 55.0 Å². The van der Waals surface area contributed by atoms with Crippen LogP contribution in [0.15, 0.2) is 30.3 Å². The van der Waals surface area contributed by atoms with E-state index in [1.54, 1.807) is 12.1 Å². The van der Waals surface area contributed by atoms with E-state index in [9.17, 15) is 13.2 Å². The Balaban J connectivity index is 0.000000182. The number of amides is 1. The number of carbonyl (C=O) groups excluding carboxylic acids is 1. The third kappa shape index (κ3) is 5.61. The van der Waals surface area contributed by atoms with Gasteiger partial charge in [-0.3, -0.25) is 4.79 Å². The van der Waals surface area contributed by atoms with Gasteiger partial charge < -0.3 is 5.32 Å². The number of halogens is 1. The minimum atomic E-state index is -3.02. The van der Waals surface area contributed by atoms with Gasteiger partial charge in [0.15, 0.2) is 9.84 Å². The molecular formula is C17H20ClNO3S2. The lowest BCUT2D eigenvalue weighted by Crippen LogP contribution is -2.15. The van der Waals surface area contributed by atoms with E-state index in [-0.39, 0.29) is 11.7 Å². The van der Waals surface area contributed by atoms with Crippen molar-refractivity contribution in [3.63, 3.8) is 0 Å². The highest BCUT2D eigenvalue weighted by Gasteiger charge is 2.11. The third-order valence-corrected chi connectivity index (χ3v) is 5.91. The standard InChI is InChI=1S/C9H9Cl.C8H11NO3S2/c10-9-5-4-7-2-1-3-8(7)6-9;1-9-8(10)7-4-3-6(13-7)5-14(2,11)12/h4-6H,1-3H2;3-4H,5H2,1-2H3,(H,9,10). The summed E-state index contributed by atoms with van der Waals surface area (Å²) in [7, 11) is -1.48. The fourth-order valence-electron chi connectivity index (χ4n) is 2.50. The highest BCUT2D eigenvalue weighted by atomic mass is 35.5. The third-order valence-electron chi connectivity index (χ3n) is 3.58. The van der Waals surface area contributed by atoms with Gasteiger partial charge in [0.25, 0.3) is 5.91 Å². The Morgan fingerprint density at radius 2 is 1.92 bits per heavy atom. The number of sulfone groups is 1. The van der Waals surface area contributed by atoms with E-state index in [0.29, 0.717) is 9.75 Å². The lowest BCUT2D eigenvalue weighted by Gasteiger charge is -1.96. The molecule has 1 aromatic heterocycles. The number of aryl methyl sites for hydroxylation is 2. The molecule has 130 valence electrons. The zero-order valence-corrected chi connectivity index (χ0v) is 16.0. The van der Waals surface area contributed by atoms with Gasteiger partial charge in [0.1, 0.15) is 0 Å². The van der Waals surface area contributed by atoms with Crippen LogP contribution in [0.3, 0.4) is 0 Å². The molecular weight excluding hydrogens is 366 g/mol. The number of carbonyl (C=O) groups is 1. The molecule has 0 atom stereocenters. The molecule has 7 heteroatoms. The van der Waals surface area contributed by atoms with Crippen molar-refractivity contribution in [1.29, 1.82) is 0 Å². The van der Waals surface area contributed by atoms with Gasteiger partial charge in [-0.05, 0) is 54.7 Å². The molecule has 24 heavy (non-hydrogen) atoms. The monoisotopic (exact) mass is 385 g/mol. The van der Waals surface area contributed by atoms with Crippen molar-refractivity contribution in [3.05, 3.63) is 56.2 Å². The quantitative estimate of drug-likeness (QED) is 0.879. The fraction of sp³-hybridized carbons (Fsp3) is 0.353. The van der Waals surface area contributed by atoms with E-state index in [0.717, 1.165) is 5.02 Å². The van der Waals surface area contributed by atoms with Gasteiger partial charge in [-0.15, -0.1) is 11.3 Å². The van der Waals surface area contributed by atoms with Crippen LogP contribution in [0, 0.1) is 0 Å². The molecule has 1 amide bonds. The summed E-state index contributed by atoms with van der Waals surface area (Å²) in [6, 6.07) is 9.50. The van der Waals surface area contributed by atoms with Crippen LogP contribution in [0.1, 0.15) is 32.1 Å². The van der Waals surface area contributed by atoms with Crippen LogP contribution in [0.4, 0.5) is 0 Å². The summed E-state index contributed by atoms with van der Waals surface area (Å²) in [5.41, 5.74) is 2.94. The topological polar surface area (TPSA) is 63.2 Å². The van der Waals surface area contributed by atoms with E-state index >= 15 is 0 Å². The summed E-state index contributed by atoms with van der Waals surface area (Å²) in [6.07, 6.45) is 4.93. The molecule has 0 aliphatic heterocycles. The maximum Gasteiger partial charge on any atom is 0.261 e.